The van der Waals surface area contributed by atoms with E-state index in [0.717, 1.165) is 18.4 Å². The normalized spacial score (nSPS) is 16.6. The van der Waals surface area contributed by atoms with Gasteiger partial charge in [0.05, 0.1) is 0 Å². The van der Waals surface area contributed by atoms with Crippen molar-refractivity contribution in [2.45, 2.75) is 72.0 Å². The van der Waals surface area contributed by atoms with Gasteiger partial charge in [0, 0.05) is 31.4 Å². The van der Waals surface area contributed by atoms with Crippen molar-refractivity contribution in [1.29, 1.82) is 0 Å². The number of pyridine rings is 1. The second kappa shape index (κ2) is 6.78. The molecule has 1 fully saturated rings. The van der Waals surface area contributed by atoms with Gasteiger partial charge in [-0.25, -0.2) is 4.98 Å². The van der Waals surface area contributed by atoms with Gasteiger partial charge in [-0.1, -0.05) is 27.7 Å². The Hall–Kier alpha value is -1.09. The molecule has 1 unspecified atom stereocenters. The highest BCUT2D eigenvalue weighted by atomic mass is 15.2. The van der Waals surface area contributed by atoms with Crippen LogP contribution in [0.4, 0.5) is 5.82 Å². The van der Waals surface area contributed by atoms with Crippen LogP contribution in [0.15, 0.2) is 12.1 Å². The maximum absolute atomic E-state index is 4.88. The lowest BCUT2D eigenvalue weighted by Gasteiger charge is -2.30. The average molecular weight is 289 g/mol. The van der Waals surface area contributed by atoms with Crippen molar-refractivity contribution in [2.75, 3.05) is 11.9 Å². The molecule has 1 aliphatic carbocycles. The van der Waals surface area contributed by atoms with Gasteiger partial charge in [-0.15, -0.1) is 0 Å². The van der Waals surface area contributed by atoms with Crippen LogP contribution in [0.25, 0.3) is 0 Å². The third-order valence-corrected chi connectivity index (χ3v) is 4.59. The monoisotopic (exact) mass is 289 g/mol. The molecule has 1 aromatic heterocycles. The van der Waals surface area contributed by atoms with Crippen LogP contribution in [-0.4, -0.2) is 24.1 Å². The molecule has 0 radical (unpaired) electrons. The molecule has 0 bridgehead atoms. The molecule has 1 heterocycles. The molecule has 1 aliphatic rings. The van der Waals surface area contributed by atoms with E-state index in [2.05, 4.69) is 64.0 Å². The standard InChI is InChI=1S/C18H31N3/c1-12(2)14(5)21(6)18-10-15(11-19-16-7-8-16)9-17(20-18)13(3)4/h9-10,12-14,16,19H,7-8,11H2,1-6H3. The lowest BCUT2D eigenvalue weighted by molar-refractivity contribution is 0.502. The maximum atomic E-state index is 4.88. The summed E-state index contributed by atoms with van der Waals surface area (Å²) in [5.74, 6) is 2.19. The van der Waals surface area contributed by atoms with Crippen LogP contribution in [0.1, 0.15) is 64.6 Å². The van der Waals surface area contributed by atoms with Crippen molar-refractivity contribution in [3.8, 4) is 0 Å². The van der Waals surface area contributed by atoms with Gasteiger partial charge in [0.25, 0.3) is 0 Å². The molecule has 0 amide bonds. The molecule has 3 nitrogen and oxygen atoms in total. The fourth-order valence-electron chi connectivity index (χ4n) is 2.38. The van der Waals surface area contributed by atoms with E-state index in [1.54, 1.807) is 0 Å². The van der Waals surface area contributed by atoms with Crippen molar-refractivity contribution in [1.82, 2.24) is 10.3 Å². The van der Waals surface area contributed by atoms with Crippen LogP contribution in [-0.2, 0) is 6.54 Å². The van der Waals surface area contributed by atoms with Crippen LogP contribution in [0, 0.1) is 5.92 Å². The number of hydrogen-bond acceptors (Lipinski definition) is 3. The Morgan fingerprint density at radius 1 is 1.19 bits per heavy atom. The Morgan fingerprint density at radius 2 is 1.86 bits per heavy atom. The molecule has 0 spiro atoms. The van der Waals surface area contributed by atoms with E-state index in [-0.39, 0.29) is 0 Å². The summed E-state index contributed by atoms with van der Waals surface area (Å²) in [4.78, 5) is 7.19. The van der Waals surface area contributed by atoms with Crippen molar-refractivity contribution >= 4 is 5.82 Å². The van der Waals surface area contributed by atoms with Gasteiger partial charge in [-0.3, -0.25) is 0 Å². The Kier molecular flexibility index (Phi) is 5.26. The van der Waals surface area contributed by atoms with E-state index in [0.29, 0.717) is 17.9 Å². The summed E-state index contributed by atoms with van der Waals surface area (Å²) in [5.41, 5.74) is 2.56. The van der Waals surface area contributed by atoms with Gasteiger partial charge >= 0.3 is 0 Å². The molecule has 118 valence electrons. The van der Waals surface area contributed by atoms with Gasteiger partial charge in [0.1, 0.15) is 5.82 Å². The van der Waals surface area contributed by atoms with E-state index >= 15 is 0 Å². The van der Waals surface area contributed by atoms with Crippen LogP contribution in [0.5, 0.6) is 0 Å². The topological polar surface area (TPSA) is 28.2 Å². The largest absolute Gasteiger partial charge is 0.357 e. The smallest absolute Gasteiger partial charge is 0.129 e. The van der Waals surface area contributed by atoms with Crippen LogP contribution in [0.2, 0.25) is 0 Å². The van der Waals surface area contributed by atoms with E-state index < -0.39 is 0 Å². The number of anilines is 1. The second-order valence-electron chi connectivity index (χ2n) is 7.16. The third-order valence-electron chi connectivity index (χ3n) is 4.59. The van der Waals surface area contributed by atoms with Gasteiger partial charge in [0.15, 0.2) is 0 Å². The minimum absolute atomic E-state index is 0.465. The predicted molar refractivity (Wildman–Crippen MR) is 90.9 cm³/mol. The highest BCUT2D eigenvalue weighted by Crippen LogP contribution is 2.24. The molecule has 0 saturated heterocycles. The van der Waals surface area contributed by atoms with E-state index in [1.807, 2.05) is 0 Å². The lowest BCUT2D eigenvalue weighted by atomic mass is 10.0. The summed E-state index contributed by atoms with van der Waals surface area (Å²) in [6.07, 6.45) is 2.67. The average Bonchev–Trinajstić information content (AvgIpc) is 3.27. The number of hydrogen-bond donors (Lipinski definition) is 1. The Bertz CT molecular complexity index is 464. The summed E-state index contributed by atoms with van der Waals surface area (Å²) >= 11 is 0. The van der Waals surface area contributed by atoms with Crippen molar-refractivity contribution in [3.63, 3.8) is 0 Å². The number of aromatic nitrogens is 1. The Balaban J connectivity index is 2.21. The second-order valence-corrected chi connectivity index (χ2v) is 7.16. The van der Waals surface area contributed by atoms with Crippen molar-refractivity contribution in [2.24, 2.45) is 5.92 Å². The van der Waals surface area contributed by atoms with E-state index in [9.17, 15) is 0 Å². The predicted octanol–water partition coefficient (Wildman–Crippen LogP) is 3.94. The third kappa shape index (κ3) is 4.44. The van der Waals surface area contributed by atoms with Gasteiger partial charge in [-0.05, 0) is 49.3 Å². The van der Waals surface area contributed by atoms with Crippen LogP contribution in [0.3, 0.4) is 0 Å². The number of nitrogens with one attached hydrogen (secondary N) is 1. The highest BCUT2D eigenvalue weighted by molar-refractivity contribution is 5.43. The molecule has 1 N–H and O–H groups in total. The summed E-state index contributed by atoms with van der Waals surface area (Å²) in [5, 5.41) is 3.61. The van der Waals surface area contributed by atoms with Crippen LogP contribution >= 0.6 is 0 Å². The maximum Gasteiger partial charge on any atom is 0.129 e. The first-order chi connectivity index (χ1) is 9.88. The molecule has 0 aromatic carbocycles. The summed E-state index contributed by atoms with van der Waals surface area (Å²) in [7, 11) is 2.16. The van der Waals surface area contributed by atoms with Crippen molar-refractivity contribution < 1.29 is 0 Å². The highest BCUT2D eigenvalue weighted by Gasteiger charge is 2.21. The molecular weight excluding hydrogens is 258 g/mol. The van der Waals surface area contributed by atoms with Gasteiger partial charge < -0.3 is 10.2 Å². The zero-order chi connectivity index (χ0) is 15.6. The molecule has 1 atom stereocenters. The molecule has 0 aliphatic heterocycles. The number of nitrogens with zero attached hydrogens (tertiary/aromatic N) is 2. The van der Waals surface area contributed by atoms with Gasteiger partial charge in [0.2, 0.25) is 0 Å². The van der Waals surface area contributed by atoms with Gasteiger partial charge in [-0.2, -0.15) is 0 Å². The number of rotatable bonds is 7. The molecule has 3 heteroatoms. The van der Waals surface area contributed by atoms with E-state index in [4.69, 9.17) is 4.98 Å². The molecule has 21 heavy (non-hydrogen) atoms. The first-order valence-corrected chi connectivity index (χ1v) is 8.35. The Labute approximate surface area is 130 Å². The van der Waals surface area contributed by atoms with E-state index in [1.165, 1.54) is 24.1 Å². The van der Waals surface area contributed by atoms with Crippen LogP contribution < -0.4 is 10.2 Å². The van der Waals surface area contributed by atoms with Crippen molar-refractivity contribution in [3.05, 3.63) is 23.4 Å². The zero-order valence-electron chi connectivity index (χ0n) is 14.5. The molecular formula is C18H31N3. The SMILES string of the molecule is CC(C)c1cc(CNC2CC2)cc(N(C)C(C)C(C)C)n1. The first-order valence-electron chi connectivity index (χ1n) is 8.35. The molecule has 2 rings (SSSR count). The quantitative estimate of drug-likeness (QED) is 0.824. The lowest BCUT2D eigenvalue weighted by Crippen LogP contribution is -2.34. The molecule has 1 saturated carbocycles. The summed E-state index contributed by atoms with van der Waals surface area (Å²) in [6.45, 7) is 12.2. The summed E-state index contributed by atoms with van der Waals surface area (Å²) in [6, 6.07) is 5.75. The minimum atomic E-state index is 0.465. The molecule has 1 aromatic rings. The Morgan fingerprint density at radius 3 is 2.38 bits per heavy atom. The fraction of sp³-hybridized carbons (Fsp3) is 0.722. The zero-order valence-corrected chi connectivity index (χ0v) is 14.5. The summed E-state index contributed by atoms with van der Waals surface area (Å²) < 4.78 is 0. The first kappa shape index (κ1) is 16.3. The fourth-order valence-corrected chi connectivity index (χ4v) is 2.38. The minimum Gasteiger partial charge on any atom is -0.357 e.